The number of aryl methyl sites for hydroxylation is 1. The molecule has 8 heteroatoms. The van der Waals surface area contributed by atoms with E-state index in [1.165, 1.54) is 7.11 Å². The quantitative estimate of drug-likeness (QED) is 0.384. The summed E-state index contributed by atoms with van der Waals surface area (Å²) in [6.07, 6.45) is 2.53. The van der Waals surface area contributed by atoms with Gasteiger partial charge in [-0.05, 0) is 30.2 Å². The van der Waals surface area contributed by atoms with Gasteiger partial charge in [-0.25, -0.2) is 14.5 Å². The number of carbonyl (C=O) groups excluding carboxylic acids is 1. The molecule has 0 aliphatic carbocycles. The molecule has 32 heavy (non-hydrogen) atoms. The number of hydrogen-bond donors (Lipinski definition) is 1. The lowest BCUT2D eigenvalue weighted by Crippen LogP contribution is -2.12. The number of esters is 1. The van der Waals surface area contributed by atoms with E-state index in [1.807, 2.05) is 52.5 Å². The van der Waals surface area contributed by atoms with Crippen molar-refractivity contribution in [1.82, 2.24) is 14.8 Å². The summed E-state index contributed by atoms with van der Waals surface area (Å²) in [7, 11) is 3.03. The van der Waals surface area contributed by atoms with Gasteiger partial charge in [0.2, 0.25) is 0 Å². The fraction of sp³-hybridized carbons (Fsp3) is 0.208. The van der Waals surface area contributed by atoms with Crippen molar-refractivity contribution in [2.24, 2.45) is 0 Å². The van der Waals surface area contributed by atoms with Gasteiger partial charge in [-0.3, -0.25) is 0 Å². The van der Waals surface area contributed by atoms with E-state index < -0.39 is 0 Å². The van der Waals surface area contributed by atoms with Crippen molar-refractivity contribution < 1.29 is 14.3 Å². The fourth-order valence-electron chi connectivity index (χ4n) is 3.59. The molecular formula is C24H24N4O3S. The second-order valence-electron chi connectivity index (χ2n) is 6.95. The fourth-order valence-corrected chi connectivity index (χ4v) is 4.29. The predicted octanol–water partition coefficient (Wildman–Crippen LogP) is 4.97. The van der Waals surface area contributed by atoms with Gasteiger partial charge in [0.05, 0.1) is 31.0 Å². The van der Waals surface area contributed by atoms with Gasteiger partial charge in [0.15, 0.2) is 0 Å². The third-order valence-corrected chi connectivity index (χ3v) is 5.91. The summed E-state index contributed by atoms with van der Waals surface area (Å²) >= 11 is 1.56. The van der Waals surface area contributed by atoms with Gasteiger partial charge in [-0.1, -0.05) is 37.3 Å². The highest BCUT2D eigenvalue weighted by atomic mass is 32.1. The number of methoxy groups -OCH3 is 2. The van der Waals surface area contributed by atoms with Crippen LogP contribution in [0.1, 0.15) is 28.5 Å². The van der Waals surface area contributed by atoms with Crippen LogP contribution in [0.2, 0.25) is 0 Å². The number of anilines is 1. The van der Waals surface area contributed by atoms with Crippen molar-refractivity contribution in [1.29, 1.82) is 0 Å². The molecule has 0 bridgehead atoms. The highest BCUT2D eigenvalue weighted by molar-refractivity contribution is 7.13. The largest absolute Gasteiger partial charge is 0.494 e. The summed E-state index contributed by atoms with van der Waals surface area (Å²) in [6, 6.07) is 15.1. The molecule has 0 spiro atoms. The van der Waals surface area contributed by atoms with E-state index in [0.717, 1.165) is 39.8 Å². The molecule has 7 nitrogen and oxygen atoms in total. The predicted molar refractivity (Wildman–Crippen MR) is 126 cm³/mol. The van der Waals surface area contributed by atoms with Gasteiger partial charge >= 0.3 is 5.97 Å². The van der Waals surface area contributed by atoms with E-state index >= 15 is 0 Å². The number of rotatable bonds is 8. The van der Waals surface area contributed by atoms with Gasteiger partial charge in [0.25, 0.3) is 0 Å². The van der Waals surface area contributed by atoms with Crippen LogP contribution in [0.3, 0.4) is 0 Å². The summed E-state index contributed by atoms with van der Waals surface area (Å²) in [5.41, 5.74) is 4.04. The first-order valence-corrected chi connectivity index (χ1v) is 11.1. The first kappa shape index (κ1) is 21.6. The lowest BCUT2D eigenvalue weighted by molar-refractivity contribution is 0.0599. The van der Waals surface area contributed by atoms with Crippen molar-refractivity contribution >= 4 is 23.1 Å². The normalized spacial score (nSPS) is 10.7. The summed E-state index contributed by atoms with van der Waals surface area (Å²) in [6.45, 7) is 2.48. The second kappa shape index (κ2) is 9.65. The summed E-state index contributed by atoms with van der Waals surface area (Å²) in [4.78, 5) is 16.8. The first-order chi connectivity index (χ1) is 15.7. The SMILES string of the molecule is CCc1nn(-c2ccccc2OC)c(NCc2ccccc2C(=O)OC)c1-c1nccs1. The number of aromatic nitrogens is 3. The monoisotopic (exact) mass is 448 g/mol. The van der Waals surface area contributed by atoms with Crippen LogP contribution in [0.4, 0.5) is 5.82 Å². The molecule has 2 aromatic heterocycles. The smallest absolute Gasteiger partial charge is 0.338 e. The van der Waals surface area contributed by atoms with Crippen LogP contribution >= 0.6 is 11.3 Å². The molecule has 2 aromatic carbocycles. The molecule has 0 saturated heterocycles. The van der Waals surface area contributed by atoms with Crippen molar-refractivity contribution in [3.05, 3.63) is 76.9 Å². The zero-order valence-corrected chi connectivity index (χ0v) is 19.0. The molecule has 0 amide bonds. The average Bonchev–Trinajstić information content (AvgIpc) is 3.49. The first-order valence-electron chi connectivity index (χ1n) is 10.2. The van der Waals surface area contributed by atoms with E-state index in [-0.39, 0.29) is 5.97 Å². The molecule has 4 aromatic rings. The maximum Gasteiger partial charge on any atom is 0.338 e. The van der Waals surface area contributed by atoms with Crippen LogP contribution in [0.5, 0.6) is 5.75 Å². The third-order valence-electron chi connectivity index (χ3n) is 5.12. The Kier molecular flexibility index (Phi) is 6.51. The van der Waals surface area contributed by atoms with Crippen LogP contribution in [0.15, 0.2) is 60.1 Å². The molecule has 4 rings (SSSR count). The molecule has 1 N–H and O–H groups in total. The van der Waals surface area contributed by atoms with Gasteiger partial charge in [-0.15, -0.1) is 11.3 Å². The highest BCUT2D eigenvalue weighted by Crippen LogP contribution is 2.37. The van der Waals surface area contributed by atoms with Crippen LogP contribution in [0, 0.1) is 0 Å². The molecule has 0 radical (unpaired) electrons. The van der Waals surface area contributed by atoms with E-state index in [2.05, 4.69) is 17.2 Å². The minimum Gasteiger partial charge on any atom is -0.494 e. The van der Waals surface area contributed by atoms with Crippen molar-refractivity contribution in [3.8, 4) is 22.0 Å². The molecule has 164 valence electrons. The number of thiazole rings is 1. The summed E-state index contributed by atoms with van der Waals surface area (Å²) in [5.74, 6) is 1.14. The highest BCUT2D eigenvalue weighted by Gasteiger charge is 2.23. The minimum atomic E-state index is -0.366. The molecule has 0 aliphatic rings. The van der Waals surface area contributed by atoms with Crippen molar-refractivity contribution in [2.45, 2.75) is 19.9 Å². The molecule has 2 heterocycles. The molecular weight excluding hydrogens is 424 g/mol. The number of nitrogens with one attached hydrogen (secondary N) is 1. The Hall–Kier alpha value is -3.65. The molecule has 0 aliphatic heterocycles. The third kappa shape index (κ3) is 4.09. The Morgan fingerprint density at radius 3 is 2.62 bits per heavy atom. The van der Waals surface area contributed by atoms with Crippen molar-refractivity contribution in [3.63, 3.8) is 0 Å². The van der Waals surface area contributed by atoms with E-state index in [0.29, 0.717) is 17.9 Å². The second-order valence-corrected chi connectivity index (χ2v) is 7.84. The Balaban J connectivity index is 1.83. The van der Waals surface area contributed by atoms with E-state index in [4.69, 9.17) is 14.6 Å². The van der Waals surface area contributed by atoms with E-state index in [1.54, 1.807) is 30.7 Å². The summed E-state index contributed by atoms with van der Waals surface area (Å²) in [5, 5.41) is 11.2. The molecule has 0 saturated carbocycles. The van der Waals surface area contributed by atoms with Crippen LogP contribution in [-0.2, 0) is 17.7 Å². The Morgan fingerprint density at radius 1 is 1.12 bits per heavy atom. The number of hydrogen-bond acceptors (Lipinski definition) is 7. The van der Waals surface area contributed by atoms with Gasteiger partial charge < -0.3 is 14.8 Å². The molecule has 0 unspecified atom stereocenters. The topological polar surface area (TPSA) is 78.3 Å². The average molecular weight is 449 g/mol. The minimum absolute atomic E-state index is 0.366. The zero-order chi connectivity index (χ0) is 22.5. The maximum atomic E-state index is 12.2. The standard InChI is InChI=1S/C24H24N4O3S/c1-4-18-21(23-25-13-14-32-23)22(28(27-18)19-11-7-8-12-20(19)30-2)26-15-16-9-5-6-10-17(16)24(29)31-3/h5-14,26H,4,15H2,1-3H3. The Morgan fingerprint density at radius 2 is 1.91 bits per heavy atom. The van der Waals surface area contributed by atoms with Gasteiger partial charge in [0.1, 0.15) is 22.3 Å². The van der Waals surface area contributed by atoms with Crippen LogP contribution in [-0.4, -0.2) is 35.0 Å². The molecule has 0 fully saturated rings. The summed E-state index contributed by atoms with van der Waals surface area (Å²) < 4.78 is 12.4. The number of para-hydroxylation sites is 2. The number of carbonyl (C=O) groups is 1. The number of nitrogens with zero attached hydrogens (tertiary/aromatic N) is 3. The van der Waals surface area contributed by atoms with Crippen LogP contribution < -0.4 is 10.1 Å². The Labute approximate surface area is 190 Å². The van der Waals surface area contributed by atoms with Crippen molar-refractivity contribution in [2.75, 3.05) is 19.5 Å². The zero-order valence-electron chi connectivity index (χ0n) is 18.2. The molecule has 0 atom stereocenters. The van der Waals surface area contributed by atoms with E-state index in [9.17, 15) is 4.79 Å². The maximum absolute atomic E-state index is 12.2. The lowest BCUT2D eigenvalue weighted by atomic mass is 10.1. The van der Waals surface area contributed by atoms with Crippen LogP contribution in [0.25, 0.3) is 16.3 Å². The number of benzene rings is 2. The lowest BCUT2D eigenvalue weighted by Gasteiger charge is -2.15. The number of ether oxygens (including phenoxy) is 2. The van der Waals surface area contributed by atoms with Gasteiger partial charge in [0, 0.05) is 18.1 Å². The van der Waals surface area contributed by atoms with Gasteiger partial charge in [-0.2, -0.15) is 5.10 Å². The Bertz CT molecular complexity index is 1220.